The highest BCUT2D eigenvalue weighted by Crippen LogP contribution is 2.55. The van der Waals surface area contributed by atoms with Crippen molar-refractivity contribution in [3.63, 3.8) is 0 Å². The molecule has 136 valence electrons. The highest BCUT2D eigenvalue weighted by Gasteiger charge is 2.37. The van der Waals surface area contributed by atoms with Gasteiger partial charge in [-0.15, -0.1) is 0 Å². The van der Waals surface area contributed by atoms with E-state index < -0.39 is 0 Å². The Hall–Kier alpha value is -2.60. The minimum atomic E-state index is 0.657. The molecular weight excluding hydrogens is 336 g/mol. The smallest absolute Gasteiger partial charge is 0.00865 e. The largest absolute Gasteiger partial charge is 0.0613 e. The first-order chi connectivity index (χ1) is 13.9. The van der Waals surface area contributed by atoms with Crippen molar-refractivity contribution >= 4 is 21.5 Å². The van der Waals surface area contributed by atoms with Crippen molar-refractivity contribution in [3.8, 4) is 0 Å². The summed E-state index contributed by atoms with van der Waals surface area (Å²) in [5.74, 6) is 2.67. The first-order valence-electron chi connectivity index (χ1n) is 10.9. The van der Waals surface area contributed by atoms with E-state index in [4.69, 9.17) is 0 Å². The van der Waals surface area contributed by atoms with Gasteiger partial charge in [0.1, 0.15) is 0 Å². The molecule has 0 saturated heterocycles. The molecule has 28 heavy (non-hydrogen) atoms. The van der Waals surface area contributed by atoms with E-state index in [1.807, 2.05) is 0 Å². The summed E-state index contributed by atoms with van der Waals surface area (Å²) in [5, 5.41) is 5.85. The maximum absolute atomic E-state index is 2.54. The minimum Gasteiger partial charge on any atom is -0.0613 e. The summed E-state index contributed by atoms with van der Waals surface area (Å²) >= 11 is 0. The van der Waals surface area contributed by atoms with Gasteiger partial charge in [-0.3, -0.25) is 0 Å². The van der Waals surface area contributed by atoms with Gasteiger partial charge in [-0.2, -0.15) is 0 Å². The van der Waals surface area contributed by atoms with Crippen molar-refractivity contribution < 1.29 is 0 Å². The third-order valence-electron chi connectivity index (χ3n) is 8.08. The Labute approximate surface area is 166 Å². The lowest BCUT2D eigenvalue weighted by molar-refractivity contribution is 0.344. The summed E-state index contributed by atoms with van der Waals surface area (Å²) in [6, 6.07) is 28.6. The van der Waals surface area contributed by atoms with E-state index in [0.717, 1.165) is 0 Å². The lowest BCUT2D eigenvalue weighted by atomic mass is 9.63. The standard InChI is InChI=1S/C28H24/c1-3-17-7-9-19-15-27(17)23(5-1)25-13-14-26(25)24-6-2-4-18-8-10-20(16-28(18)24)22-12-11-21(19)22/h1-10,15-16,21-22,25-26H,11-14H2/t21-,22+,25-,26+. The van der Waals surface area contributed by atoms with Crippen LogP contribution in [0.2, 0.25) is 0 Å². The highest BCUT2D eigenvalue weighted by atomic mass is 14.4. The van der Waals surface area contributed by atoms with E-state index in [0.29, 0.717) is 23.7 Å². The predicted octanol–water partition coefficient (Wildman–Crippen LogP) is 7.63. The Morgan fingerprint density at radius 3 is 1.36 bits per heavy atom. The van der Waals surface area contributed by atoms with Crippen LogP contribution in [0.15, 0.2) is 72.8 Å². The van der Waals surface area contributed by atoms with Crippen LogP contribution in [-0.2, 0) is 0 Å². The molecule has 7 rings (SSSR count). The lowest BCUT2D eigenvalue weighted by Crippen LogP contribution is -2.24. The van der Waals surface area contributed by atoms with E-state index in [1.165, 1.54) is 47.2 Å². The monoisotopic (exact) mass is 360 g/mol. The molecule has 0 spiro atoms. The molecule has 4 atom stereocenters. The molecule has 3 aliphatic rings. The molecule has 3 aliphatic carbocycles. The second-order valence-electron chi connectivity index (χ2n) is 9.24. The summed E-state index contributed by atoms with van der Waals surface area (Å²) < 4.78 is 0. The van der Waals surface area contributed by atoms with Crippen LogP contribution in [0.4, 0.5) is 0 Å². The fourth-order valence-electron chi connectivity index (χ4n) is 6.28. The summed E-state index contributed by atoms with van der Waals surface area (Å²) in [7, 11) is 0. The molecule has 0 radical (unpaired) electrons. The van der Waals surface area contributed by atoms with Crippen LogP contribution in [0.3, 0.4) is 0 Å². The molecule has 0 aromatic heterocycles. The van der Waals surface area contributed by atoms with Gasteiger partial charge < -0.3 is 0 Å². The summed E-state index contributed by atoms with van der Waals surface area (Å²) in [4.78, 5) is 0. The number of hydrogen-bond acceptors (Lipinski definition) is 0. The first kappa shape index (κ1) is 15.3. The number of fused-ring (bicyclic) bond motifs is 8. The van der Waals surface area contributed by atoms with E-state index in [-0.39, 0.29) is 0 Å². The van der Waals surface area contributed by atoms with Gasteiger partial charge >= 0.3 is 0 Å². The molecule has 4 aromatic rings. The average molecular weight is 361 g/mol. The van der Waals surface area contributed by atoms with Crippen LogP contribution in [0.1, 0.15) is 71.6 Å². The Kier molecular flexibility index (Phi) is 3.00. The van der Waals surface area contributed by atoms with Crippen molar-refractivity contribution in [1.29, 1.82) is 0 Å². The molecule has 0 nitrogen and oxygen atoms in total. The van der Waals surface area contributed by atoms with Gasteiger partial charge in [-0.1, -0.05) is 72.8 Å². The van der Waals surface area contributed by atoms with Gasteiger partial charge in [0.05, 0.1) is 0 Å². The molecule has 0 heteroatoms. The third-order valence-corrected chi connectivity index (χ3v) is 8.08. The molecular formula is C28H24. The van der Waals surface area contributed by atoms with Crippen molar-refractivity contribution in [2.45, 2.75) is 49.4 Å². The van der Waals surface area contributed by atoms with Gasteiger partial charge in [0.2, 0.25) is 0 Å². The van der Waals surface area contributed by atoms with Crippen molar-refractivity contribution in [3.05, 3.63) is 95.1 Å². The van der Waals surface area contributed by atoms with Crippen LogP contribution < -0.4 is 0 Å². The van der Waals surface area contributed by atoms with Crippen LogP contribution in [0, 0.1) is 0 Å². The van der Waals surface area contributed by atoms with Gasteiger partial charge in [-0.25, -0.2) is 0 Å². The third kappa shape index (κ3) is 1.96. The SMILES string of the molecule is c1cc2c3cc(ccc3c1)[C@H]1CC[C@H]1c1ccc3cccc(c3c1)[C@@H]1CC[C@H]21. The van der Waals surface area contributed by atoms with Crippen molar-refractivity contribution in [2.75, 3.05) is 0 Å². The molecule has 0 unspecified atom stereocenters. The van der Waals surface area contributed by atoms with Gasteiger partial charge in [0, 0.05) is 0 Å². The molecule has 0 N–H and O–H groups in total. The maximum atomic E-state index is 2.54. The van der Waals surface area contributed by atoms with E-state index in [1.54, 1.807) is 22.3 Å². The molecule has 4 bridgehead atoms. The minimum absolute atomic E-state index is 0.657. The van der Waals surface area contributed by atoms with Crippen LogP contribution in [0.25, 0.3) is 21.5 Å². The fourth-order valence-corrected chi connectivity index (χ4v) is 6.28. The molecule has 4 aromatic carbocycles. The Bertz CT molecular complexity index is 1150. The first-order valence-corrected chi connectivity index (χ1v) is 10.9. The second kappa shape index (κ2) is 5.47. The number of hydrogen-bond donors (Lipinski definition) is 0. The molecule has 2 fully saturated rings. The van der Waals surface area contributed by atoms with Gasteiger partial charge in [-0.05, 0) is 93.2 Å². The second-order valence-corrected chi connectivity index (χ2v) is 9.24. The van der Waals surface area contributed by atoms with Gasteiger partial charge in [0.15, 0.2) is 0 Å². The molecule has 0 amide bonds. The zero-order chi connectivity index (χ0) is 18.2. The highest BCUT2D eigenvalue weighted by molar-refractivity contribution is 5.89. The number of benzene rings is 4. The summed E-state index contributed by atoms with van der Waals surface area (Å²) in [5.41, 5.74) is 6.28. The van der Waals surface area contributed by atoms with Crippen molar-refractivity contribution in [2.24, 2.45) is 0 Å². The molecule has 0 heterocycles. The number of rotatable bonds is 0. The molecule has 0 aliphatic heterocycles. The zero-order valence-corrected chi connectivity index (χ0v) is 16.1. The Balaban J connectivity index is 1.56. The summed E-state index contributed by atoms with van der Waals surface area (Å²) in [6.07, 6.45) is 5.28. The normalized spacial score (nSPS) is 27.4. The Morgan fingerprint density at radius 1 is 0.464 bits per heavy atom. The van der Waals surface area contributed by atoms with Crippen LogP contribution in [-0.4, -0.2) is 0 Å². The lowest BCUT2D eigenvalue weighted by Gasteiger charge is -2.41. The topological polar surface area (TPSA) is 0 Å². The average Bonchev–Trinajstić information content (AvgIpc) is 2.67. The quantitative estimate of drug-likeness (QED) is 0.302. The van der Waals surface area contributed by atoms with E-state index in [2.05, 4.69) is 72.8 Å². The molecule has 2 saturated carbocycles. The predicted molar refractivity (Wildman–Crippen MR) is 117 cm³/mol. The van der Waals surface area contributed by atoms with E-state index >= 15 is 0 Å². The van der Waals surface area contributed by atoms with Crippen LogP contribution >= 0.6 is 0 Å². The van der Waals surface area contributed by atoms with E-state index in [9.17, 15) is 0 Å². The van der Waals surface area contributed by atoms with Gasteiger partial charge in [0.25, 0.3) is 0 Å². The summed E-state index contributed by atoms with van der Waals surface area (Å²) in [6.45, 7) is 0. The Morgan fingerprint density at radius 2 is 0.929 bits per heavy atom. The van der Waals surface area contributed by atoms with Crippen molar-refractivity contribution in [1.82, 2.24) is 0 Å². The fraction of sp³-hybridized carbons (Fsp3) is 0.286. The van der Waals surface area contributed by atoms with Crippen LogP contribution in [0.5, 0.6) is 0 Å². The maximum Gasteiger partial charge on any atom is -0.00865 e. The zero-order valence-electron chi connectivity index (χ0n) is 16.1.